The third-order valence-electron chi connectivity index (χ3n) is 1.85. The highest BCUT2D eigenvalue weighted by atomic mass is 16.5. The van der Waals surface area contributed by atoms with E-state index in [4.69, 9.17) is 16.2 Å². The summed E-state index contributed by atoms with van der Waals surface area (Å²) in [6.07, 6.45) is 0. The molecular weight excluding hydrogens is 148 g/mol. The Morgan fingerprint density at radius 2 is 2.09 bits per heavy atom. The van der Waals surface area contributed by atoms with E-state index in [1.165, 1.54) is 6.92 Å². The van der Waals surface area contributed by atoms with Crippen LogP contribution in [0.3, 0.4) is 0 Å². The van der Waals surface area contributed by atoms with Crippen molar-refractivity contribution in [3.05, 3.63) is 5.92 Å². The van der Waals surface area contributed by atoms with Gasteiger partial charge in [-0.3, -0.25) is 9.59 Å². The van der Waals surface area contributed by atoms with Gasteiger partial charge < -0.3 is 16.2 Å². The Hall–Kier alpha value is -1.10. The van der Waals surface area contributed by atoms with Gasteiger partial charge in [0.25, 0.3) is 5.91 Å². The van der Waals surface area contributed by atoms with Crippen molar-refractivity contribution in [1.82, 2.24) is 0 Å². The van der Waals surface area contributed by atoms with E-state index in [0.717, 1.165) is 0 Å². The van der Waals surface area contributed by atoms with Crippen molar-refractivity contribution in [2.45, 2.75) is 12.5 Å². The van der Waals surface area contributed by atoms with E-state index in [1.54, 1.807) is 0 Å². The summed E-state index contributed by atoms with van der Waals surface area (Å²) in [5.41, 5.74) is 8.66. The summed E-state index contributed by atoms with van der Waals surface area (Å²) in [6.45, 7) is 1.54. The Bertz CT molecular complexity index is 216. The van der Waals surface area contributed by atoms with Gasteiger partial charge >= 0.3 is 0 Å². The standard InChI is InChI=1S/C6H9N2O3/c1-6(5(8)10)3(2-11-6)4(7)9/h2H2,1H3,(H2,7,9)(H2,8,10). The molecule has 1 atom stereocenters. The number of primary amides is 2. The molecule has 0 aromatic rings. The van der Waals surface area contributed by atoms with Gasteiger partial charge in [0.1, 0.15) is 5.92 Å². The zero-order valence-corrected chi connectivity index (χ0v) is 6.09. The lowest BCUT2D eigenvalue weighted by Crippen LogP contribution is -2.62. The van der Waals surface area contributed by atoms with Gasteiger partial charge in [0.15, 0.2) is 5.60 Å². The maximum atomic E-state index is 10.7. The summed E-state index contributed by atoms with van der Waals surface area (Å²) in [7, 11) is 0. The van der Waals surface area contributed by atoms with Crippen molar-refractivity contribution < 1.29 is 14.3 Å². The summed E-state index contributed by atoms with van der Waals surface area (Å²) in [5.74, 6) is -1.07. The van der Waals surface area contributed by atoms with Gasteiger partial charge in [0, 0.05) is 0 Å². The first kappa shape index (κ1) is 8.00. The normalized spacial score (nSPS) is 31.0. The molecule has 2 amide bonds. The number of hydrogen-bond acceptors (Lipinski definition) is 3. The zero-order chi connectivity index (χ0) is 8.65. The lowest BCUT2D eigenvalue weighted by atomic mass is 9.83. The van der Waals surface area contributed by atoms with Crippen LogP contribution in [0.2, 0.25) is 0 Å². The van der Waals surface area contributed by atoms with E-state index >= 15 is 0 Å². The lowest BCUT2D eigenvalue weighted by Gasteiger charge is -2.41. The largest absolute Gasteiger partial charge is 0.369 e. The molecule has 1 rings (SSSR count). The van der Waals surface area contributed by atoms with Gasteiger partial charge in [0.05, 0.1) is 6.61 Å². The smallest absolute Gasteiger partial charge is 0.250 e. The Morgan fingerprint density at radius 3 is 2.18 bits per heavy atom. The molecule has 11 heavy (non-hydrogen) atoms. The fourth-order valence-electron chi connectivity index (χ4n) is 0.887. The SMILES string of the molecule is CC1(C(N)=O)OC[C]1C(N)=O. The molecule has 0 bridgehead atoms. The van der Waals surface area contributed by atoms with Crippen LogP contribution in [0.15, 0.2) is 0 Å². The Kier molecular flexibility index (Phi) is 1.60. The second-order valence-corrected chi connectivity index (χ2v) is 2.53. The van der Waals surface area contributed by atoms with E-state index in [-0.39, 0.29) is 12.5 Å². The first-order chi connectivity index (χ1) is 4.98. The van der Waals surface area contributed by atoms with Gasteiger partial charge in [-0.1, -0.05) is 0 Å². The molecule has 0 saturated carbocycles. The fourth-order valence-corrected chi connectivity index (χ4v) is 0.887. The van der Waals surface area contributed by atoms with Crippen LogP contribution in [0.4, 0.5) is 0 Å². The molecular formula is C6H9N2O3. The maximum Gasteiger partial charge on any atom is 0.250 e. The van der Waals surface area contributed by atoms with Crippen molar-refractivity contribution in [2.24, 2.45) is 11.5 Å². The fraction of sp³-hybridized carbons (Fsp3) is 0.500. The van der Waals surface area contributed by atoms with E-state index in [9.17, 15) is 9.59 Å². The molecule has 0 aromatic carbocycles. The van der Waals surface area contributed by atoms with Crippen molar-refractivity contribution in [2.75, 3.05) is 6.61 Å². The highest BCUT2D eigenvalue weighted by molar-refractivity contribution is 6.01. The highest BCUT2D eigenvalue weighted by Gasteiger charge is 2.53. The first-order valence-electron chi connectivity index (χ1n) is 3.08. The maximum absolute atomic E-state index is 10.7. The molecule has 1 radical (unpaired) electrons. The van der Waals surface area contributed by atoms with Crippen LogP contribution in [0.1, 0.15) is 6.92 Å². The predicted molar refractivity (Wildman–Crippen MR) is 36.0 cm³/mol. The summed E-state index contributed by atoms with van der Waals surface area (Å²) >= 11 is 0. The average molecular weight is 157 g/mol. The Morgan fingerprint density at radius 1 is 1.55 bits per heavy atom. The molecule has 1 aliphatic heterocycles. The number of nitrogens with two attached hydrogens (primary N) is 2. The van der Waals surface area contributed by atoms with Crippen LogP contribution >= 0.6 is 0 Å². The van der Waals surface area contributed by atoms with Crippen LogP contribution < -0.4 is 11.5 Å². The Labute approximate surface area is 63.7 Å². The van der Waals surface area contributed by atoms with Gasteiger partial charge in [-0.25, -0.2) is 0 Å². The van der Waals surface area contributed by atoms with Gasteiger partial charge in [-0.05, 0) is 6.92 Å². The molecule has 1 heterocycles. The van der Waals surface area contributed by atoms with Crippen molar-refractivity contribution in [3.63, 3.8) is 0 Å². The van der Waals surface area contributed by atoms with E-state index < -0.39 is 17.4 Å². The van der Waals surface area contributed by atoms with Gasteiger partial charge in [0.2, 0.25) is 5.91 Å². The first-order valence-corrected chi connectivity index (χ1v) is 3.08. The minimum Gasteiger partial charge on any atom is -0.369 e. The molecule has 0 aromatic heterocycles. The number of rotatable bonds is 2. The molecule has 0 aliphatic carbocycles. The van der Waals surface area contributed by atoms with Crippen molar-refractivity contribution in [1.29, 1.82) is 0 Å². The molecule has 5 nitrogen and oxygen atoms in total. The number of carbonyl (C=O) groups excluding carboxylic acids is 2. The molecule has 5 heteroatoms. The summed E-state index contributed by atoms with van der Waals surface area (Å²) in [4.78, 5) is 21.3. The topological polar surface area (TPSA) is 95.4 Å². The van der Waals surface area contributed by atoms with Crippen LogP contribution in [0, 0.1) is 5.92 Å². The quantitative estimate of drug-likeness (QED) is 0.501. The van der Waals surface area contributed by atoms with E-state index in [2.05, 4.69) is 0 Å². The predicted octanol–water partition coefficient (Wildman–Crippen LogP) is -1.68. The van der Waals surface area contributed by atoms with Crippen LogP contribution in [-0.4, -0.2) is 24.0 Å². The molecule has 0 spiro atoms. The minimum atomic E-state index is -1.26. The zero-order valence-electron chi connectivity index (χ0n) is 6.09. The molecule has 4 N–H and O–H groups in total. The van der Waals surface area contributed by atoms with Crippen molar-refractivity contribution in [3.8, 4) is 0 Å². The molecule has 61 valence electrons. The number of hydrogen-bond donors (Lipinski definition) is 2. The molecule has 1 saturated heterocycles. The van der Waals surface area contributed by atoms with Crippen LogP contribution in [-0.2, 0) is 14.3 Å². The average Bonchev–Trinajstić information content (AvgIpc) is 1.82. The Balaban J connectivity index is 2.75. The highest BCUT2D eigenvalue weighted by Crippen LogP contribution is 2.33. The molecule has 1 fully saturated rings. The summed E-state index contributed by atoms with van der Waals surface area (Å²) in [5, 5.41) is 0. The van der Waals surface area contributed by atoms with Crippen molar-refractivity contribution >= 4 is 11.8 Å². The van der Waals surface area contributed by atoms with E-state index in [0.29, 0.717) is 0 Å². The van der Waals surface area contributed by atoms with Crippen LogP contribution in [0.5, 0.6) is 0 Å². The summed E-state index contributed by atoms with van der Waals surface area (Å²) in [6, 6.07) is 0. The number of amides is 2. The third-order valence-corrected chi connectivity index (χ3v) is 1.85. The second-order valence-electron chi connectivity index (χ2n) is 2.53. The summed E-state index contributed by atoms with van der Waals surface area (Å²) < 4.78 is 4.84. The molecule has 1 aliphatic rings. The number of ether oxygens (including phenoxy) is 1. The third kappa shape index (κ3) is 0.970. The van der Waals surface area contributed by atoms with E-state index in [1.807, 2.05) is 0 Å². The number of carbonyl (C=O) groups is 2. The van der Waals surface area contributed by atoms with Crippen LogP contribution in [0.25, 0.3) is 0 Å². The lowest BCUT2D eigenvalue weighted by molar-refractivity contribution is -0.162. The minimum absolute atomic E-state index is 0.106. The second kappa shape index (κ2) is 2.20. The monoisotopic (exact) mass is 157 g/mol. The van der Waals surface area contributed by atoms with Gasteiger partial charge in [-0.2, -0.15) is 0 Å². The van der Waals surface area contributed by atoms with Gasteiger partial charge in [-0.15, -0.1) is 0 Å². The molecule has 1 unspecified atom stereocenters.